The Morgan fingerprint density at radius 3 is 2.53 bits per heavy atom. The molecule has 0 fully saturated rings. The van der Waals surface area contributed by atoms with E-state index in [9.17, 15) is 4.79 Å². The van der Waals surface area contributed by atoms with E-state index in [0.717, 1.165) is 5.56 Å². The smallest absolute Gasteiger partial charge is 0.144 e. The normalized spacial score (nSPS) is 11.5. The Morgan fingerprint density at radius 1 is 1.40 bits per heavy atom. The molecule has 2 N–H and O–H groups in total. The standard InChI is InChI=1S/C12H16ClNO/c1-12(2,8-14)11(15)7-9-5-3-4-6-10(9)13/h3-6H,7-8,14H2,1-2H3. The lowest BCUT2D eigenvalue weighted by atomic mass is 9.85. The number of hydrogen-bond donors (Lipinski definition) is 1. The highest BCUT2D eigenvalue weighted by atomic mass is 35.5. The van der Waals surface area contributed by atoms with Crippen LogP contribution in [0.4, 0.5) is 0 Å². The number of rotatable bonds is 4. The first-order valence-electron chi connectivity index (χ1n) is 4.94. The van der Waals surface area contributed by atoms with E-state index in [1.165, 1.54) is 0 Å². The van der Waals surface area contributed by atoms with E-state index in [2.05, 4.69) is 0 Å². The number of carbonyl (C=O) groups is 1. The van der Waals surface area contributed by atoms with E-state index >= 15 is 0 Å². The second kappa shape index (κ2) is 4.77. The van der Waals surface area contributed by atoms with Gasteiger partial charge in [0.15, 0.2) is 0 Å². The summed E-state index contributed by atoms with van der Waals surface area (Å²) in [6.45, 7) is 4.06. The number of ketones is 1. The Balaban J connectivity index is 2.80. The van der Waals surface area contributed by atoms with E-state index in [0.29, 0.717) is 18.0 Å². The lowest BCUT2D eigenvalue weighted by Crippen LogP contribution is -2.33. The highest BCUT2D eigenvalue weighted by Gasteiger charge is 2.25. The van der Waals surface area contributed by atoms with E-state index in [-0.39, 0.29) is 5.78 Å². The van der Waals surface area contributed by atoms with Crippen molar-refractivity contribution in [1.82, 2.24) is 0 Å². The Morgan fingerprint density at radius 2 is 2.00 bits per heavy atom. The fourth-order valence-corrected chi connectivity index (χ4v) is 1.37. The third kappa shape index (κ3) is 3.05. The maximum Gasteiger partial charge on any atom is 0.144 e. The fraction of sp³-hybridized carbons (Fsp3) is 0.417. The van der Waals surface area contributed by atoms with Gasteiger partial charge in [-0.05, 0) is 11.6 Å². The number of Topliss-reactive ketones (excluding diaryl/α,β-unsaturated/α-hetero) is 1. The highest BCUT2D eigenvalue weighted by Crippen LogP contribution is 2.21. The predicted molar refractivity (Wildman–Crippen MR) is 63.0 cm³/mol. The summed E-state index contributed by atoms with van der Waals surface area (Å²) in [5.74, 6) is 0.123. The maximum atomic E-state index is 11.9. The monoisotopic (exact) mass is 225 g/mol. The van der Waals surface area contributed by atoms with Crippen molar-refractivity contribution in [3.63, 3.8) is 0 Å². The minimum atomic E-state index is -0.473. The minimum Gasteiger partial charge on any atom is -0.329 e. The van der Waals surface area contributed by atoms with Crippen LogP contribution in [0.15, 0.2) is 24.3 Å². The van der Waals surface area contributed by atoms with Crippen molar-refractivity contribution in [1.29, 1.82) is 0 Å². The first-order valence-corrected chi connectivity index (χ1v) is 5.32. The van der Waals surface area contributed by atoms with Crippen LogP contribution in [0.25, 0.3) is 0 Å². The molecule has 1 aromatic rings. The largest absolute Gasteiger partial charge is 0.329 e. The molecule has 0 aliphatic heterocycles. The Hall–Kier alpha value is -0.860. The van der Waals surface area contributed by atoms with Gasteiger partial charge in [-0.1, -0.05) is 43.6 Å². The number of nitrogens with two attached hydrogens (primary N) is 1. The van der Waals surface area contributed by atoms with Gasteiger partial charge in [-0.15, -0.1) is 0 Å². The van der Waals surface area contributed by atoms with Crippen LogP contribution >= 0.6 is 11.6 Å². The molecule has 0 amide bonds. The molecule has 1 aromatic carbocycles. The average molecular weight is 226 g/mol. The predicted octanol–water partition coefficient (Wildman–Crippen LogP) is 2.44. The molecule has 0 saturated carbocycles. The van der Waals surface area contributed by atoms with Crippen molar-refractivity contribution in [2.24, 2.45) is 11.1 Å². The first kappa shape index (κ1) is 12.2. The molecule has 0 aliphatic carbocycles. The zero-order chi connectivity index (χ0) is 11.5. The van der Waals surface area contributed by atoms with E-state index in [1.807, 2.05) is 32.0 Å². The first-order chi connectivity index (χ1) is 6.97. The van der Waals surface area contributed by atoms with Crippen LogP contribution in [0, 0.1) is 5.41 Å². The molecular weight excluding hydrogens is 210 g/mol. The van der Waals surface area contributed by atoms with Crippen molar-refractivity contribution in [3.8, 4) is 0 Å². The van der Waals surface area contributed by atoms with E-state index < -0.39 is 5.41 Å². The van der Waals surface area contributed by atoms with Crippen LogP contribution in [-0.4, -0.2) is 12.3 Å². The Bertz CT molecular complexity index is 360. The van der Waals surface area contributed by atoms with Crippen LogP contribution < -0.4 is 5.73 Å². The van der Waals surface area contributed by atoms with Crippen molar-refractivity contribution in [2.75, 3.05) is 6.54 Å². The number of benzene rings is 1. The zero-order valence-corrected chi connectivity index (χ0v) is 9.84. The molecule has 0 unspecified atom stereocenters. The minimum absolute atomic E-state index is 0.123. The van der Waals surface area contributed by atoms with Crippen LogP contribution in [0.5, 0.6) is 0 Å². The van der Waals surface area contributed by atoms with Gasteiger partial charge in [0.1, 0.15) is 5.78 Å². The van der Waals surface area contributed by atoms with Crippen LogP contribution in [0.3, 0.4) is 0 Å². The van der Waals surface area contributed by atoms with Gasteiger partial charge in [0, 0.05) is 23.4 Å². The summed E-state index contributed by atoms with van der Waals surface area (Å²) >= 11 is 5.98. The molecule has 15 heavy (non-hydrogen) atoms. The van der Waals surface area contributed by atoms with Gasteiger partial charge in [-0.3, -0.25) is 4.79 Å². The summed E-state index contributed by atoms with van der Waals surface area (Å²) in [5.41, 5.74) is 5.94. The van der Waals surface area contributed by atoms with Crippen molar-refractivity contribution in [2.45, 2.75) is 20.3 Å². The number of halogens is 1. The topological polar surface area (TPSA) is 43.1 Å². The Kier molecular flexibility index (Phi) is 3.89. The molecule has 1 rings (SSSR count). The van der Waals surface area contributed by atoms with Crippen molar-refractivity contribution >= 4 is 17.4 Å². The highest BCUT2D eigenvalue weighted by molar-refractivity contribution is 6.31. The van der Waals surface area contributed by atoms with Gasteiger partial charge in [-0.25, -0.2) is 0 Å². The molecule has 2 nitrogen and oxygen atoms in total. The number of carbonyl (C=O) groups excluding carboxylic acids is 1. The van der Waals surface area contributed by atoms with Gasteiger partial charge in [-0.2, -0.15) is 0 Å². The molecule has 0 spiro atoms. The SMILES string of the molecule is CC(C)(CN)C(=O)Cc1ccccc1Cl. The maximum absolute atomic E-state index is 11.9. The summed E-state index contributed by atoms with van der Waals surface area (Å²) in [5, 5.41) is 0.638. The second-order valence-corrected chi connectivity index (χ2v) is 4.69. The molecule has 0 saturated heterocycles. The molecule has 0 atom stereocenters. The summed E-state index contributed by atoms with van der Waals surface area (Å²) in [4.78, 5) is 11.9. The van der Waals surface area contributed by atoms with Gasteiger partial charge in [0.05, 0.1) is 0 Å². The summed E-state index contributed by atoms with van der Waals surface area (Å²) in [7, 11) is 0. The molecule has 0 radical (unpaired) electrons. The molecule has 0 heterocycles. The quantitative estimate of drug-likeness (QED) is 0.856. The zero-order valence-electron chi connectivity index (χ0n) is 9.09. The lowest BCUT2D eigenvalue weighted by molar-refractivity contribution is -0.125. The molecule has 0 aromatic heterocycles. The van der Waals surface area contributed by atoms with Crippen LogP contribution in [-0.2, 0) is 11.2 Å². The van der Waals surface area contributed by atoms with Gasteiger partial charge in [0.25, 0.3) is 0 Å². The average Bonchev–Trinajstić information content (AvgIpc) is 2.21. The van der Waals surface area contributed by atoms with Crippen molar-refractivity contribution < 1.29 is 4.79 Å². The van der Waals surface area contributed by atoms with Gasteiger partial charge >= 0.3 is 0 Å². The third-order valence-electron chi connectivity index (χ3n) is 2.57. The molecule has 82 valence electrons. The fourth-order valence-electron chi connectivity index (χ4n) is 1.17. The number of hydrogen-bond acceptors (Lipinski definition) is 2. The summed E-state index contributed by atoms with van der Waals surface area (Å²) < 4.78 is 0. The molecule has 0 aliphatic rings. The summed E-state index contributed by atoms with van der Waals surface area (Å²) in [6.07, 6.45) is 0.351. The molecule has 3 heteroatoms. The molecular formula is C12H16ClNO. The lowest BCUT2D eigenvalue weighted by Gasteiger charge is -2.20. The van der Waals surface area contributed by atoms with Crippen LogP contribution in [0.2, 0.25) is 5.02 Å². The van der Waals surface area contributed by atoms with Crippen LogP contribution in [0.1, 0.15) is 19.4 Å². The van der Waals surface area contributed by atoms with E-state index in [4.69, 9.17) is 17.3 Å². The molecule has 0 bridgehead atoms. The summed E-state index contributed by atoms with van der Waals surface area (Å²) in [6, 6.07) is 7.39. The second-order valence-electron chi connectivity index (χ2n) is 4.28. The van der Waals surface area contributed by atoms with Crippen molar-refractivity contribution in [3.05, 3.63) is 34.9 Å². The third-order valence-corrected chi connectivity index (χ3v) is 2.94. The van der Waals surface area contributed by atoms with E-state index in [1.54, 1.807) is 6.07 Å². The van der Waals surface area contributed by atoms with Gasteiger partial charge in [0.2, 0.25) is 0 Å². The Labute approximate surface area is 95.4 Å². The van der Waals surface area contributed by atoms with Gasteiger partial charge < -0.3 is 5.73 Å².